The number of urea groups is 1. The maximum Gasteiger partial charge on any atom is 0.503 e. The van der Waals surface area contributed by atoms with Crippen molar-refractivity contribution in [1.82, 2.24) is 5.32 Å². The van der Waals surface area contributed by atoms with Crippen molar-refractivity contribution < 1.29 is 8.74 Å². The maximum absolute atomic E-state index is 10.3. The summed E-state index contributed by atoms with van der Waals surface area (Å²) in [4.78, 5) is 10.3. The van der Waals surface area contributed by atoms with Gasteiger partial charge in [0.05, 0.1) is 0 Å². The van der Waals surface area contributed by atoms with Crippen molar-refractivity contribution in [3.8, 4) is 0 Å². The van der Waals surface area contributed by atoms with Crippen LogP contribution in [-0.4, -0.2) is 23.1 Å². The molecule has 0 aliphatic carbocycles. The van der Waals surface area contributed by atoms with Crippen molar-refractivity contribution in [3.63, 3.8) is 0 Å². The molecule has 1 aliphatic rings. The fourth-order valence-corrected chi connectivity index (χ4v) is 0.610. The van der Waals surface area contributed by atoms with Crippen LogP contribution in [0.4, 0.5) is 4.79 Å². The summed E-state index contributed by atoms with van der Waals surface area (Å²) >= 11 is 4.55. The van der Waals surface area contributed by atoms with Gasteiger partial charge in [-0.1, -0.05) is 0 Å². The molecule has 1 N–H and O–H groups in total. The van der Waals surface area contributed by atoms with Crippen LogP contribution in [0.2, 0.25) is 0 Å². The van der Waals surface area contributed by atoms with E-state index in [1.165, 1.54) is 3.95 Å². The quantitative estimate of drug-likeness (QED) is 0.432. The summed E-state index contributed by atoms with van der Waals surface area (Å²) in [5, 5.41) is 2.55. The summed E-state index contributed by atoms with van der Waals surface area (Å²) in [6.07, 6.45) is 0. The third kappa shape index (κ3) is 0.742. The van der Waals surface area contributed by atoms with E-state index in [0.717, 1.165) is 0 Å². The molecule has 1 fully saturated rings. The largest absolute Gasteiger partial charge is 0.503 e. The molecule has 7 heavy (non-hydrogen) atoms. The lowest BCUT2D eigenvalue weighted by molar-refractivity contribution is -0.376. The van der Waals surface area contributed by atoms with E-state index in [1.54, 1.807) is 0 Å². The third-order valence-electron chi connectivity index (χ3n) is 0.818. The summed E-state index contributed by atoms with van der Waals surface area (Å²) in [6.45, 7) is 1.36. The summed E-state index contributed by atoms with van der Waals surface area (Å²) in [7, 11) is 0. The van der Waals surface area contributed by atoms with Gasteiger partial charge in [-0.25, -0.2) is 5.32 Å². The molecule has 0 aromatic heterocycles. The van der Waals surface area contributed by atoms with E-state index in [9.17, 15) is 4.79 Å². The minimum absolute atomic E-state index is 0.144. The van der Waals surface area contributed by atoms with Gasteiger partial charge in [0.15, 0.2) is 0 Å². The van der Waals surface area contributed by atoms with Crippen LogP contribution in [0.5, 0.6) is 0 Å². The minimum atomic E-state index is -0.144. The number of rotatable bonds is 0. The van der Waals surface area contributed by atoms with Gasteiger partial charge in [0.1, 0.15) is 25.5 Å². The highest BCUT2D eigenvalue weighted by molar-refractivity contribution is 7.44. The van der Waals surface area contributed by atoms with Crippen LogP contribution in [0.3, 0.4) is 0 Å². The molecule has 0 aromatic carbocycles. The second-order valence-corrected chi connectivity index (χ2v) is 1.77. The van der Waals surface area contributed by atoms with Crippen LogP contribution >= 0.6 is 0 Å². The van der Waals surface area contributed by atoms with Gasteiger partial charge in [0, 0.05) is 0 Å². The fraction of sp³-hybridized carbons (Fsp3) is 0.667. The van der Waals surface area contributed by atoms with Gasteiger partial charge in [-0.15, -0.1) is 3.95 Å². The number of hydrogen-bond acceptors (Lipinski definition) is 2. The first kappa shape index (κ1) is 4.64. The van der Waals surface area contributed by atoms with Crippen LogP contribution in [0.1, 0.15) is 0 Å². The second-order valence-electron chi connectivity index (χ2n) is 1.33. The van der Waals surface area contributed by atoms with E-state index in [4.69, 9.17) is 0 Å². The predicted octanol–water partition coefficient (Wildman–Crippen LogP) is -0.547. The van der Waals surface area contributed by atoms with E-state index < -0.39 is 0 Å². The normalized spacial score (nSPS) is 20.0. The number of carbonyl (C=O) groups is 1. The molecule has 0 radical (unpaired) electrons. The first-order valence-electron chi connectivity index (χ1n) is 2.03. The molecule has 0 saturated carbocycles. The zero-order valence-electron chi connectivity index (χ0n) is 3.68. The molecule has 1 heterocycles. The molecular formula is C3H5N2OS+. The Hall–Kier alpha value is -0.510. The maximum atomic E-state index is 10.3. The highest BCUT2D eigenvalue weighted by atomic mass is 32.1. The third-order valence-corrected chi connectivity index (χ3v) is 1.17. The van der Waals surface area contributed by atoms with Crippen LogP contribution in [0.25, 0.3) is 0 Å². The van der Waals surface area contributed by atoms with Gasteiger partial charge < -0.3 is 0 Å². The lowest BCUT2D eigenvalue weighted by Gasteiger charge is -1.73. The average molecular weight is 117 g/mol. The Bertz CT molecular complexity index is 108. The standard InChI is InChI=1S/C3H4N2OS/c6-3-4-1-2-5(3)7/h1-2H2/p+1. The van der Waals surface area contributed by atoms with Crippen molar-refractivity contribution in [2.45, 2.75) is 0 Å². The van der Waals surface area contributed by atoms with Crippen molar-refractivity contribution in [2.75, 3.05) is 13.1 Å². The molecule has 4 heteroatoms. The number of hydrogen-bond donors (Lipinski definition) is 1. The average Bonchev–Trinajstić information content (AvgIpc) is 1.91. The monoisotopic (exact) mass is 117 g/mol. The molecular weight excluding hydrogens is 112 g/mol. The first-order chi connectivity index (χ1) is 3.30. The Balaban J connectivity index is 2.65. The fourth-order valence-electron chi connectivity index (χ4n) is 0.454. The lowest BCUT2D eigenvalue weighted by Crippen LogP contribution is -2.16. The van der Waals surface area contributed by atoms with Gasteiger partial charge in [-0.3, -0.25) is 0 Å². The topological polar surface area (TPSA) is 32.1 Å². The molecule has 3 nitrogen and oxygen atoms in total. The Morgan fingerprint density at radius 1 is 1.86 bits per heavy atom. The Kier molecular flexibility index (Phi) is 1.02. The molecule has 0 bridgehead atoms. The van der Waals surface area contributed by atoms with Crippen molar-refractivity contribution >= 4 is 18.5 Å². The Morgan fingerprint density at radius 3 is 2.71 bits per heavy atom. The van der Waals surface area contributed by atoms with Gasteiger partial charge in [0.2, 0.25) is 0 Å². The van der Waals surface area contributed by atoms with E-state index >= 15 is 0 Å². The summed E-state index contributed by atoms with van der Waals surface area (Å²) in [6, 6.07) is -0.144. The van der Waals surface area contributed by atoms with Crippen molar-refractivity contribution in [2.24, 2.45) is 0 Å². The van der Waals surface area contributed by atoms with E-state index in [1.807, 2.05) is 0 Å². The molecule has 1 aliphatic heterocycles. The summed E-state index contributed by atoms with van der Waals surface area (Å²) in [5.74, 6) is 0. The molecule has 0 aromatic rings. The van der Waals surface area contributed by atoms with Crippen molar-refractivity contribution in [1.29, 1.82) is 0 Å². The smallest absolute Gasteiger partial charge is 0.233 e. The Labute approximate surface area is 46.5 Å². The predicted molar refractivity (Wildman–Crippen MR) is 25.9 cm³/mol. The van der Waals surface area contributed by atoms with Crippen LogP contribution in [0.15, 0.2) is 0 Å². The second kappa shape index (κ2) is 1.54. The lowest BCUT2D eigenvalue weighted by atomic mass is 10.7. The SMILES string of the molecule is O=C1NCC[N+]1=S. The molecule has 2 amide bonds. The zero-order chi connectivity index (χ0) is 5.28. The highest BCUT2D eigenvalue weighted by Crippen LogP contribution is 1.82. The van der Waals surface area contributed by atoms with Gasteiger partial charge in [-0.05, 0) is 0 Å². The van der Waals surface area contributed by atoms with Gasteiger partial charge in [0.25, 0.3) is 0 Å². The molecule has 1 rings (SSSR count). The van der Waals surface area contributed by atoms with Crippen molar-refractivity contribution in [3.05, 3.63) is 0 Å². The van der Waals surface area contributed by atoms with E-state index in [2.05, 4.69) is 17.7 Å². The van der Waals surface area contributed by atoms with Gasteiger partial charge >= 0.3 is 6.03 Å². The van der Waals surface area contributed by atoms with E-state index in [0.29, 0.717) is 13.1 Å². The molecule has 1 saturated heterocycles. The number of amides is 2. The minimum Gasteiger partial charge on any atom is -0.233 e. The number of carbonyl (C=O) groups excluding carboxylic acids is 1. The molecule has 0 atom stereocenters. The Morgan fingerprint density at radius 2 is 2.57 bits per heavy atom. The summed E-state index contributed by atoms with van der Waals surface area (Å²) < 4.78 is 1.24. The molecule has 0 spiro atoms. The zero-order valence-corrected chi connectivity index (χ0v) is 4.49. The molecule has 38 valence electrons. The molecule has 0 unspecified atom stereocenters. The van der Waals surface area contributed by atoms with Crippen LogP contribution in [0, 0.1) is 0 Å². The highest BCUT2D eigenvalue weighted by Gasteiger charge is 2.22. The van der Waals surface area contributed by atoms with Gasteiger partial charge in [-0.2, -0.15) is 4.79 Å². The van der Waals surface area contributed by atoms with Crippen LogP contribution in [-0.2, 0) is 12.4 Å². The first-order valence-corrected chi connectivity index (χ1v) is 2.40. The van der Waals surface area contributed by atoms with E-state index in [-0.39, 0.29) is 6.03 Å². The number of nitrogens with one attached hydrogen (secondary N) is 1. The number of nitrogens with zero attached hydrogens (tertiary/aromatic N) is 1. The summed E-state index contributed by atoms with van der Waals surface area (Å²) in [5.41, 5.74) is 0. The van der Waals surface area contributed by atoms with Crippen LogP contribution < -0.4 is 5.32 Å².